The Labute approximate surface area is 169 Å². The molecule has 2 amide bonds. The van der Waals surface area contributed by atoms with E-state index in [4.69, 9.17) is 4.74 Å². The van der Waals surface area contributed by atoms with Crippen LogP contribution in [0.4, 0.5) is 10.1 Å². The highest BCUT2D eigenvalue weighted by molar-refractivity contribution is 5.92. The fourth-order valence-corrected chi connectivity index (χ4v) is 3.26. The van der Waals surface area contributed by atoms with Gasteiger partial charge in [-0.25, -0.2) is 4.39 Å². The van der Waals surface area contributed by atoms with Gasteiger partial charge in [0.25, 0.3) is 5.91 Å². The van der Waals surface area contributed by atoms with Crippen LogP contribution in [-0.4, -0.2) is 56.5 Å². The molecule has 152 valence electrons. The fraction of sp³-hybridized carbons (Fsp3) is 0.273. The molecule has 0 atom stereocenters. The van der Waals surface area contributed by atoms with Gasteiger partial charge < -0.3 is 19.9 Å². The maximum absolute atomic E-state index is 12.9. The molecule has 0 unspecified atom stereocenters. The molecule has 1 fully saturated rings. The third kappa shape index (κ3) is 5.89. The number of carbonyl (C=O) groups excluding carboxylic acids is 2. The highest BCUT2D eigenvalue weighted by Gasteiger charge is 2.24. The topological polar surface area (TPSA) is 63.1 Å². The first kappa shape index (κ1) is 20.5. The predicted octanol–water partition coefficient (Wildman–Crippen LogP) is 1.21. The largest absolute Gasteiger partial charge is 0.496 e. The zero-order valence-electron chi connectivity index (χ0n) is 16.4. The van der Waals surface area contributed by atoms with E-state index in [0.717, 1.165) is 16.2 Å². The molecule has 2 aromatic carbocycles. The predicted molar refractivity (Wildman–Crippen MR) is 109 cm³/mol. The lowest BCUT2D eigenvalue weighted by Gasteiger charge is -2.31. The number of hydrogen-bond donors (Lipinski definition) is 2. The third-order valence-corrected chi connectivity index (χ3v) is 4.87. The van der Waals surface area contributed by atoms with Crippen LogP contribution in [0, 0.1) is 5.82 Å². The second-order valence-corrected chi connectivity index (χ2v) is 6.88. The summed E-state index contributed by atoms with van der Waals surface area (Å²) in [4.78, 5) is 27.5. The number of piperazine rings is 1. The highest BCUT2D eigenvalue weighted by atomic mass is 19.1. The van der Waals surface area contributed by atoms with Crippen LogP contribution >= 0.6 is 0 Å². The molecule has 6 nitrogen and oxygen atoms in total. The number of quaternary nitrogens is 1. The maximum Gasteiger partial charge on any atom is 0.279 e. The standard InChI is InChI=1S/C22H24FN3O3/c1-29-20-5-3-2-4-17(20)6-11-22(28)26-14-12-25(13-15-26)16-21(27)24-19-9-7-18(23)8-10-19/h2-11H,12-16H2,1H3,(H,24,27)/p+1/b11-6+. The van der Waals surface area contributed by atoms with Crippen LogP contribution in [0.25, 0.3) is 6.08 Å². The number of ether oxygens (including phenoxy) is 1. The number of para-hydroxylation sites is 1. The van der Waals surface area contributed by atoms with Gasteiger partial charge in [0.15, 0.2) is 6.54 Å². The Balaban J connectivity index is 1.46. The minimum Gasteiger partial charge on any atom is -0.496 e. The number of nitrogens with zero attached hydrogens (tertiary/aromatic N) is 1. The molecule has 3 rings (SSSR count). The number of benzene rings is 2. The van der Waals surface area contributed by atoms with Crippen molar-refractivity contribution < 1.29 is 23.6 Å². The van der Waals surface area contributed by atoms with E-state index in [9.17, 15) is 14.0 Å². The summed E-state index contributed by atoms with van der Waals surface area (Å²) in [6, 6.07) is 13.2. The molecule has 1 aliphatic rings. The molecular formula is C22H25FN3O3+. The summed E-state index contributed by atoms with van der Waals surface area (Å²) in [5.74, 6) is 0.209. The number of amides is 2. The van der Waals surface area contributed by atoms with Gasteiger partial charge in [-0.3, -0.25) is 9.59 Å². The van der Waals surface area contributed by atoms with Gasteiger partial charge in [0, 0.05) is 17.3 Å². The molecule has 1 heterocycles. The monoisotopic (exact) mass is 398 g/mol. The minimum absolute atomic E-state index is 0.0503. The van der Waals surface area contributed by atoms with Crippen molar-refractivity contribution in [2.75, 3.05) is 45.2 Å². The van der Waals surface area contributed by atoms with E-state index in [-0.39, 0.29) is 17.6 Å². The van der Waals surface area contributed by atoms with E-state index in [0.29, 0.717) is 38.4 Å². The van der Waals surface area contributed by atoms with Gasteiger partial charge in [-0.2, -0.15) is 0 Å². The Morgan fingerprint density at radius 1 is 1.14 bits per heavy atom. The van der Waals surface area contributed by atoms with Gasteiger partial charge in [0.05, 0.1) is 33.3 Å². The Morgan fingerprint density at radius 3 is 2.52 bits per heavy atom. The molecular weight excluding hydrogens is 373 g/mol. The fourth-order valence-electron chi connectivity index (χ4n) is 3.26. The van der Waals surface area contributed by atoms with E-state index >= 15 is 0 Å². The van der Waals surface area contributed by atoms with E-state index in [1.807, 2.05) is 24.3 Å². The SMILES string of the molecule is COc1ccccc1/C=C/C(=O)N1CC[NH+](CC(=O)Nc2ccc(F)cc2)CC1. The molecule has 0 spiro atoms. The molecule has 2 N–H and O–H groups in total. The number of carbonyl (C=O) groups is 2. The molecule has 7 heteroatoms. The molecule has 29 heavy (non-hydrogen) atoms. The zero-order valence-corrected chi connectivity index (χ0v) is 16.4. The summed E-state index contributed by atoms with van der Waals surface area (Å²) in [6.45, 7) is 2.90. The maximum atomic E-state index is 12.9. The van der Waals surface area contributed by atoms with Crippen molar-refractivity contribution in [2.24, 2.45) is 0 Å². The molecule has 0 bridgehead atoms. The van der Waals surface area contributed by atoms with Crippen molar-refractivity contribution in [3.8, 4) is 5.75 Å². The lowest BCUT2D eigenvalue weighted by molar-refractivity contribution is -0.895. The van der Waals surface area contributed by atoms with Crippen molar-refractivity contribution >= 4 is 23.6 Å². The molecule has 0 aromatic heterocycles. The summed E-state index contributed by atoms with van der Waals surface area (Å²) >= 11 is 0. The lowest BCUT2D eigenvalue weighted by Crippen LogP contribution is -3.15. The van der Waals surface area contributed by atoms with Gasteiger partial charge in [0.2, 0.25) is 5.91 Å². The quantitative estimate of drug-likeness (QED) is 0.720. The number of methoxy groups -OCH3 is 1. The first-order chi connectivity index (χ1) is 14.0. The van der Waals surface area contributed by atoms with Crippen LogP contribution in [0.5, 0.6) is 5.75 Å². The smallest absolute Gasteiger partial charge is 0.279 e. The second-order valence-electron chi connectivity index (χ2n) is 6.88. The number of rotatable bonds is 6. The van der Waals surface area contributed by atoms with Crippen molar-refractivity contribution in [2.45, 2.75) is 0 Å². The third-order valence-electron chi connectivity index (χ3n) is 4.87. The second kappa shape index (κ2) is 9.84. The van der Waals surface area contributed by atoms with E-state index in [1.165, 1.54) is 24.3 Å². The Morgan fingerprint density at radius 2 is 1.83 bits per heavy atom. The van der Waals surface area contributed by atoms with Crippen molar-refractivity contribution in [1.29, 1.82) is 0 Å². The minimum atomic E-state index is -0.339. The first-order valence-corrected chi connectivity index (χ1v) is 9.54. The Kier molecular flexibility index (Phi) is 6.97. The average molecular weight is 398 g/mol. The average Bonchev–Trinajstić information content (AvgIpc) is 2.74. The summed E-state index contributed by atoms with van der Waals surface area (Å²) in [5, 5.41) is 2.77. The van der Waals surface area contributed by atoms with Crippen LogP contribution < -0.4 is 15.0 Å². The molecule has 0 radical (unpaired) electrons. The Bertz CT molecular complexity index is 875. The number of nitrogens with one attached hydrogen (secondary N) is 2. The van der Waals surface area contributed by atoms with E-state index in [2.05, 4.69) is 5.32 Å². The number of anilines is 1. The van der Waals surface area contributed by atoms with Crippen LogP contribution in [0.2, 0.25) is 0 Å². The van der Waals surface area contributed by atoms with Crippen LogP contribution in [0.15, 0.2) is 54.6 Å². The molecule has 1 saturated heterocycles. The highest BCUT2D eigenvalue weighted by Crippen LogP contribution is 2.18. The number of halogens is 1. The Hall–Kier alpha value is -3.19. The van der Waals surface area contributed by atoms with Crippen molar-refractivity contribution in [3.63, 3.8) is 0 Å². The van der Waals surface area contributed by atoms with Crippen molar-refractivity contribution in [1.82, 2.24) is 4.90 Å². The van der Waals surface area contributed by atoms with Crippen LogP contribution in [0.1, 0.15) is 5.56 Å². The summed E-state index contributed by atoms with van der Waals surface area (Å²) in [5.41, 5.74) is 1.43. The van der Waals surface area contributed by atoms with Gasteiger partial charge in [0.1, 0.15) is 11.6 Å². The van der Waals surface area contributed by atoms with E-state index in [1.54, 1.807) is 24.2 Å². The zero-order chi connectivity index (χ0) is 20.6. The van der Waals surface area contributed by atoms with Crippen LogP contribution in [0.3, 0.4) is 0 Å². The molecule has 0 aliphatic carbocycles. The van der Waals surface area contributed by atoms with Gasteiger partial charge in [-0.1, -0.05) is 18.2 Å². The van der Waals surface area contributed by atoms with Crippen LogP contribution in [-0.2, 0) is 9.59 Å². The van der Waals surface area contributed by atoms with Gasteiger partial charge >= 0.3 is 0 Å². The van der Waals surface area contributed by atoms with Crippen molar-refractivity contribution in [3.05, 3.63) is 66.0 Å². The van der Waals surface area contributed by atoms with Gasteiger partial charge in [-0.15, -0.1) is 0 Å². The summed E-state index contributed by atoms with van der Waals surface area (Å²) in [7, 11) is 1.60. The van der Waals surface area contributed by atoms with E-state index < -0.39 is 0 Å². The summed E-state index contributed by atoms with van der Waals surface area (Å²) in [6.07, 6.45) is 3.32. The first-order valence-electron chi connectivity index (χ1n) is 9.54. The molecule has 2 aromatic rings. The normalized spacial score (nSPS) is 14.8. The molecule has 1 aliphatic heterocycles. The molecule has 0 saturated carbocycles. The van der Waals surface area contributed by atoms with Gasteiger partial charge in [-0.05, 0) is 36.4 Å². The summed E-state index contributed by atoms with van der Waals surface area (Å²) < 4.78 is 18.2. The number of hydrogen-bond acceptors (Lipinski definition) is 3. The lowest BCUT2D eigenvalue weighted by atomic mass is 10.2.